The number of fused-ring (bicyclic) bond motifs is 1. The van der Waals surface area contributed by atoms with Crippen LogP contribution >= 0.6 is 0 Å². The van der Waals surface area contributed by atoms with Crippen molar-refractivity contribution < 1.29 is 9.72 Å². The Balaban J connectivity index is 1.73. The van der Waals surface area contributed by atoms with Gasteiger partial charge < -0.3 is 4.98 Å². The normalized spacial score (nSPS) is 11.0. The highest BCUT2D eigenvalue weighted by atomic mass is 16.6. The lowest BCUT2D eigenvalue weighted by Crippen LogP contribution is -2.17. The molecule has 120 valence electrons. The fourth-order valence-electron chi connectivity index (χ4n) is 2.43. The number of rotatable bonds is 4. The molecule has 0 bridgehead atoms. The molecule has 0 fully saturated rings. The number of H-pyrrole nitrogens is 1. The Kier molecular flexibility index (Phi) is 4.07. The van der Waals surface area contributed by atoms with E-state index >= 15 is 0 Å². The number of benzene rings is 2. The van der Waals surface area contributed by atoms with Gasteiger partial charge in [0.2, 0.25) is 0 Å². The van der Waals surface area contributed by atoms with Crippen LogP contribution in [0, 0.1) is 17.0 Å². The number of nitrogens with zero attached hydrogens (tertiary/aromatic N) is 2. The van der Waals surface area contributed by atoms with E-state index in [1.807, 2.05) is 24.3 Å². The first-order valence-corrected chi connectivity index (χ1v) is 7.21. The topological polar surface area (TPSA) is 100 Å². The molecule has 24 heavy (non-hydrogen) atoms. The number of aromatic nitrogens is 1. The number of nitrogens with one attached hydrogen (secondary N) is 2. The number of carbonyl (C=O) groups excluding carboxylic acids is 1. The molecule has 0 saturated carbocycles. The highest BCUT2D eigenvalue weighted by molar-refractivity contribution is 6.00. The molecule has 2 N–H and O–H groups in total. The average Bonchev–Trinajstić information content (AvgIpc) is 2.97. The maximum atomic E-state index is 12.1. The van der Waals surface area contributed by atoms with Crippen molar-refractivity contribution >= 4 is 28.7 Å². The van der Waals surface area contributed by atoms with Crippen molar-refractivity contribution in [1.29, 1.82) is 0 Å². The van der Waals surface area contributed by atoms with Gasteiger partial charge >= 0.3 is 0 Å². The van der Waals surface area contributed by atoms with Gasteiger partial charge in [-0.05, 0) is 25.1 Å². The molecule has 3 aromatic rings. The Morgan fingerprint density at radius 3 is 2.83 bits per heavy atom. The minimum atomic E-state index is -0.480. The third kappa shape index (κ3) is 3.00. The van der Waals surface area contributed by atoms with E-state index in [4.69, 9.17) is 0 Å². The lowest BCUT2D eigenvalue weighted by atomic mass is 10.1. The van der Waals surface area contributed by atoms with E-state index in [0.717, 1.165) is 16.5 Å². The Morgan fingerprint density at radius 1 is 1.29 bits per heavy atom. The van der Waals surface area contributed by atoms with Gasteiger partial charge in [-0.25, -0.2) is 5.43 Å². The zero-order chi connectivity index (χ0) is 17.1. The van der Waals surface area contributed by atoms with E-state index < -0.39 is 10.8 Å². The van der Waals surface area contributed by atoms with Crippen LogP contribution in [0.25, 0.3) is 10.9 Å². The largest absolute Gasteiger partial charge is 0.361 e. The number of carbonyl (C=O) groups is 1. The molecule has 0 atom stereocenters. The summed E-state index contributed by atoms with van der Waals surface area (Å²) in [4.78, 5) is 25.5. The van der Waals surface area contributed by atoms with Crippen molar-refractivity contribution in [1.82, 2.24) is 10.4 Å². The second-order valence-corrected chi connectivity index (χ2v) is 5.25. The van der Waals surface area contributed by atoms with Crippen molar-refractivity contribution in [2.45, 2.75) is 6.92 Å². The van der Waals surface area contributed by atoms with Gasteiger partial charge in [-0.1, -0.05) is 18.2 Å². The highest BCUT2D eigenvalue weighted by Crippen LogP contribution is 2.19. The van der Waals surface area contributed by atoms with E-state index in [1.54, 1.807) is 19.3 Å². The van der Waals surface area contributed by atoms with Crippen LogP contribution in [-0.2, 0) is 0 Å². The standard InChI is InChI=1S/C17H14N4O3/c1-11-8-12(6-7-16(11)21(23)24)17(22)20-19-10-13-9-18-15-5-3-2-4-14(13)15/h2-10,18H,1H3,(H,20,22). The number of aromatic amines is 1. The van der Waals surface area contributed by atoms with Crippen LogP contribution in [0.2, 0.25) is 0 Å². The molecule has 0 aliphatic rings. The molecule has 7 heteroatoms. The first kappa shape index (κ1) is 15.4. The molecular weight excluding hydrogens is 308 g/mol. The van der Waals surface area contributed by atoms with E-state index in [1.165, 1.54) is 18.2 Å². The number of hydrazone groups is 1. The summed E-state index contributed by atoms with van der Waals surface area (Å²) in [6, 6.07) is 11.9. The van der Waals surface area contributed by atoms with Crippen LogP contribution in [0.3, 0.4) is 0 Å². The van der Waals surface area contributed by atoms with Crippen molar-refractivity contribution in [3.63, 3.8) is 0 Å². The molecule has 0 saturated heterocycles. The van der Waals surface area contributed by atoms with Crippen molar-refractivity contribution in [2.75, 3.05) is 0 Å². The van der Waals surface area contributed by atoms with Gasteiger partial charge in [0.25, 0.3) is 11.6 Å². The number of para-hydroxylation sites is 1. The second kappa shape index (κ2) is 6.33. The lowest BCUT2D eigenvalue weighted by molar-refractivity contribution is -0.385. The zero-order valence-corrected chi connectivity index (χ0v) is 12.8. The van der Waals surface area contributed by atoms with E-state index in [-0.39, 0.29) is 5.69 Å². The molecule has 0 spiro atoms. The van der Waals surface area contributed by atoms with Crippen LogP contribution in [-0.4, -0.2) is 22.0 Å². The molecule has 7 nitrogen and oxygen atoms in total. The minimum absolute atomic E-state index is 0.0196. The Morgan fingerprint density at radius 2 is 2.08 bits per heavy atom. The summed E-state index contributed by atoms with van der Waals surface area (Å²) in [5, 5.41) is 15.7. The van der Waals surface area contributed by atoms with Crippen molar-refractivity contribution in [3.8, 4) is 0 Å². The van der Waals surface area contributed by atoms with Gasteiger partial charge in [-0.15, -0.1) is 0 Å². The van der Waals surface area contributed by atoms with Gasteiger partial charge in [0.1, 0.15) is 0 Å². The van der Waals surface area contributed by atoms with Gasteiger partial charge in [-0.3, -0.25) is 14.9 Å². The van der Waals surface area contributed by atoms with Gasteiger partial charge in [-0.2, -0.15) is 5.10 Å². The number of hydrogen-bond donors (Lipinski definition) is 2. The molecule has 0 radical (unpaired) electrons. The maximum Gasteiger partial charge on any atom is 0.272 e. The fraction of sp³-hybridized carbons (Fsp3) is 0.0588. The van der Waals surface area contributed by atoms with Crippen LogP contribution in [0.15, 0.2) is 53.8 Å². The van der Waals surface area contributed by atoms with Crippen molar-refractivity contribution in [2.24, 2.45) is 5.10 Å². The highest BCUT2D eigenvalue weighted by Gasteiger charge is 2.13. The molecule has 1 heterocycles. The third-order valence-electron chi connectivity index (χ3n) is 3.65. The number of nitro groups is 1. The number of nitro benzene ring substituents is 1. The summed E-state index contributed by atoms with van der Waals surface area (Å²) in [5.74, 6) is -0.427. The fourth-order valence-corrected chi connectivity index (χ4v) is 2.43. The molecule has 1 aromatic heterocycles. The molecule has 0 unspecified atom stereocenters. The molecule has 3 rings (SSSR count). The van der Waals surface area contributed by atoms with Gasteiger partial charge in [0.15, 0.2) is 0 Å². The number of aryl methyl sites for hydroxylation is 1. The summed E-state index contributed by atoms with van der Waals surface area (Å²) in [6.07, 6.45) is 3.35. The van der Waals surface area contributed by atoms with Crippen LogP contribution in [0.4, 0.5) is 5.69 Å². The summed E-state index contributed by atoms with van der Waals surface area (Å²) in [5.41, 5.74) is 4.98. The number of hydrogen-bond acceptors (Lipinski definition) is 4. The summed E-state index contributed by atoms with van der Waals surface area (Å²) in [6.45, 7) is 1.59. The third-order valence-corrected chi connectivity index (χ3v) is 3.65. The monoisotopic (exact) mass is 322 g/mol. The Labute approximate surface area is 137 Å². The van der Waals surface area contributed by atoms with E-state index in [2.05, 4.69) is 15.5 Å². The van der Waals surface area contributed by atoms with Crippen LogP contribution in [0.5, 0.6) is 0 Å². The van der Waals surface area contributed by atoms with E-state index in [9.17, 15) is 14.9 Å². The second-order valence-electron chi connectivity index (χ2n) is 5.25. The Bertz CT molecular complexity index is 959. The maximum absolute atomic E-state index is 12.1. The average molecular weight is 322 g/mol. The molecule has 0 aliphatic heterocycles. The van der Waals surface area contributed by atoms with Gasteiger partial charge in [0.05, 0.1) is 11.1 Å². The van der Waals surface area contributed by atoms with E-state index in [0.29, 0.717) is 11.1 Å². The van der Waals surface area contributed by atoms with Crippen LogP contribution in [0.1, 0.15) is 21.5 Å². The summed E-state index contributed by atoms with van der Waals surface area (Å²) < 4.78 is 0. The van der Waals surface area contributed by atoms with Crippen molar-refractivity contribution in [3.05, 3.63) is 75.5 Å². The summed E-state index contributed by atoms with van der Waals surface area (Å²) >= 11 is 0. The lowest BCUT2D eigenvalue weighted by Gasteiger charge is -2.02. The first-order chi connectivity index (χ1) is 11.6. The first-order valence-electron chi connectivity index (χ1n) is 7.21. The van der Waals surface area contributed by atoms with Crippen LogP contribution < -0.4 is 5.43 Å². The quantitative estimate of drug-likeness (QED) is 0.438. The molecule has 2 aromatic carbocycles. The number of amides is 1. The Hall–Kier alpha value is -3.48. The zero-order valence-electron chi connectivity index (χ0n) is 12.8. The summed E-state index contributed by atoms with van der Waals surface area (Å²) in [7, 11) is 0. The SMILES string of the molecule is Cc1cc(C(=O)NN=Cc2c[nH]c3ccccc23)ccc1[N+](=O)[O-]. The van der Waals surface area contributed by atoms with Gasteiger partial charge in [0, 0.05) is 39.9 Å². The molecule has 0 aliphatic carbocycles. The molecular formula is C17H14N4O3. The minimum Gasteiger partial charge on any atom is -0.361 e. The predicted octanol–water partition coefficient (Wildman–Crippen LogP) is 3.15. The smallest absolute Gasteiger partial charge is 0.272 e. The molecule has 1 amide bonds. The predicted molar refractivity (Wildman–Crippen MR) is 91.2 cm³/mol.